The van der Waals surface area contributed by atoms with Gasteiger partial charge in [-0.05, 0) is 30.5 Å². The molecule has 0 aliphatic heterocycles. The number of halogens is 1. The molecule has 3 nitrogen and oxygen atoms in total. The Bertz CT molecular complexity index is 503. The minimum absolute atomic E-state index is 0.134. The Morgan fingerprint density at radius 1 is 1.30 bits per heavy atom. The number of aliphatic hydroxyl groups is 2. The SMILES string of the molecule is OCC#Cc1cc(CN(CCO)C2CCC2)ccc1F. The first-order valence-electron chi connectivity index (χ1n) is 6.97. The van der Waals surface area contributed by atoms with Gasteiger partial charge in [-0.2, -0.15) is 0 Å². The summed E-state index contributed by atoms with van der Waals surface area (Å²) in [6, 6.07) is 5.41. The summed E-state index contributed by atoms with van der Waals surface area (Å²) in [7, 11) is 0. The normalized spacial score (nSPS) is 14.8. The third kappa shape index (κ3) is 3.80. The van der Waals surface area contributed by atoms with E-state index in [-0.39, 0.29) is 19.0 Å². The molecule has 1 aromatic carbocycles. The van der Waals surface area contributed by atoms with Crippen LogP contribution in [0, 0.1) is 17.7 Å². The lowest BCUT2D eigenvalue weighted by Gasteiger charge is -2.37. The molecule has 2 N–H and O–H groups in total. The highest BCUT2D eigenvalue weighted by Gasteiger charge is 2.24. The zero-order valence-corrected chi connectivity index (χ0v) is 11.5. The van der Waals surface area contributed by atoms with Gasteiger partial charge in [0.25, 0.3) is 0 Å². The van der Waals surface area contributed by atoms with E-state index in [1.165, 1.54) is 25.3 Å². The molecule has 0 heterocycles. The number of benzene rings is 1. The average Bonchev–Trinajstić information content (AvgIpc) is 2.37. The summed E-state index contributed by atoms with van der Waals surface area (Å²) in [5.41, 5.74) is 1.29. The Hall–Kier alpha value is -1.41. The molecule has 0 amide bonds. The molecule has 0 spiro atoms. The molecule has 108 valence electrons. The fourth-order valence-electron chi connectivity index (χ4n) is 2.41. The van der Waals surface area contributed by atoms with E-state index in [1.807, 2.05) is 0 Å². The minimum atomic E-state index is -0.368. The summed E-state index contributed by atoms with van der Waals surface area (Å²) in [4.78, 5) is 2.24. The Kier molecular flexibility index (Phi) is 5.54. The van der Waals surface area contributed by atoms with Crippen molar-refractivity contribution in [3.63, 3.8) is 0 Å². The van der Waals surface area contributed by atoms with Gasteiger partial charge < -0.3 is 10.2 Å². The van der Waals surface area contributed by atoms with Crippen LogP contribution in [-0.4, -0.2) is 40.9 Å². The minimum Gasteiger partial charge on any atom is -0.395 e. The smallest absolute Gasteiger partial charge is 0.138 e. The maximum Gasteiger partial charge on any atom is 0.138 e. The standard InChI is InChI=1S/C16H20FNO2/c17-16-7-6-13(11-14(16)3-2-9-19)12-18(8-10-20)15-4-1-5-15/h6-7,11,15,19-20H,1,4-5,8-10,12H2. The van der Waals surface area contributed by atoms with Crippen molar-refractivity contribution in [2.24, 2.45) is 0 Å². The highest BCUT2D eigenvalue weighted by molar-refractivity contribution is 5.38. The van der Waals surface area contributed by atoms with Crippen LogP contribution in [0.1, 0.15) is 30.4 Å². The van der Waals surface area contributed by atoms with Gasteiger partial charge in [0.1, 0.15) is 12.4 Å². The molecule has 0 unspecified atom stereocenters. The molecule has 0 aromatic heterocycles. The zero-order valence-electron chi connectivity index (χ0n) is 11.5. The van der Waals surface area contributed by atoms with E-state index in [9.17, 15) is 4.39 Å². The molecule has 1 fully saturated rings. The van der Waals surface area contributed by atoms with Crippen LogP contribution in [0.4, 0.5) is 4.39 Å². The molecule has 2 rings (SSSR count). The van der Waals surface area contributed by atoms with Gasteiger partial charge in [-0.15, -0.1) is 0 Å². The van der Waals surface area contributed by atoms with Gasteiger partial charge in [0.2, 0.25) is 0 Å². The predicted octanol–water partition coefficient (Wildman–Crippen LogP) is 1.52. The topological polar surface area (TPSA) is 43.7 Å². The van der Waals surface area contributed by atoms with Crippen molar-refractivity contribution in [1.29, 1.82) is 0 Å². The van der Waals surface area contributed by atoms with Gasteiger partial charge in [-0.25, -0.2) is 4.39 Å². The van der Waals surface area contributed by atoms with Gasteiger partial charge in [-0.3, -0.25) is 4.90 Å². The largest absolute Gasteiger partial charge is 0.395 e. The van der Waals surface area contributed by atoms with Crippen LogP contribution in [0.3, 0.4) is 0 Å². The summed E-state index contributed by atoms with van der Waals surface area (Å²) >= 11 is 0. The maximum absolute atomic E-state index is 13.6. The number of hydrogen-bond acceptors (Lipinski definition) is 3. The lowest BCUT2D eigenvalue weighted by molar-refractivity contribution is 0.0945. The first kappa shape index (κ1) is 15.0. The van der Waals surface area contributed by atoms with Gasteiger partial charge in [0.15, 0.2) is 0 Å². The van der Waals surface area contributed by atoms with Crippen LogP contribution >= 0.6 is 0 Å². The van der Waals surface area contributed by atoms with Crippen LogP contribution in [0.15, 0.2) is 18.2 Å². The van der Waals surface area contributed by atoms with Gasteiger partial charge in [0, 0.05) is 19.1 Å². The molecule has 0 atom stereocenters. The van der Waals surface area contributed by atoms with Crippen molar-refractivity contribution in [3.05, 3.63) is 35.1 Å². The lowest BCUT2D eigenvalue weighted by atomic mass is 9.91. The van der Waals surface area contributed by atoms with Crippen molar-refractivity contribution in [3.8, 4) is 11.8 Å². The van der Waals surface area contributed by atoms with Crippen molar-refractivity contribution in [2.45, 2.75) is 31.8 Å². The van der Waals surface area contributed by atoms with E-state index in [4.69, 9.17) is 10.2 Å². The first-order chi connectivity index (χ1) is 9.74. The molecule has 4 heteroatoms. The van der Waals surface area contributed by atoms with Crippen molar-refractivity contribution in [1.82, 2.24) is 4.90 Å². The quantitative estimate of drug-likeness (QED) is 0.802. The summed E-state index contributed by atoms with van der Waals surface area (Å²) < 4.78 is 13.6. The predicted molar refractivity (Wildman–Crippen MR) is 75.5 cm³/mol. The van der Waals surface area contributed by atoms with Gasteiger partial charge >= 0.3 is 0 Å². The molecule has 1 aromatic rings. The zero-order chi connectivity index (χ0) is 14.4. The van der Waals surface area contributed by atoms with E-state index in [1.54, 1.807) is 12.1 Å². The second-order valence-electron chi connectivity index (χ2n) is 5.05. The molecule has 0 saturated heterocycles. The van der Waals surface area contributed by atoms with E-state index < -0.39 is 0 Å². The van der Waals surface area contributed by atoms with Crippen molar-refractivity contribution in [2.75, 3.05) is 19.8 Å². The summed E-state index contributed by atoms with van der Waals surface area (Å²) in [5.74, 6) is 4.72. The van der Waals surface area contributed by atoms with E-state index in [0.717, 1.165) is 5.56 Å². The molecule has 1 saturated carbocycles. The molecule has 1 aliphatic carbocycles. The fraction of sp³-hybridized carbons (Fsp3) is 0.500. The Balaban J connectivity index is 2.10. The Morgan fingerprint density at radius 2 is 2.10 bits per heavy atom. The monoisotopic (exact) mass is 277 g/mol. The average molecular weight is 277 g/mol. The third-order valence-electron chi connectivity index (χ3n) is 3.70. The third-order valence-corrected chi connectivity index (χ3v) is 3.70. The summed E-state index contributed by atoms with van der Waals surface area (Å²) in [6.07, 6.45) is 3.57. The van der Waals surface area contributed by atoms with E-state index >= 15 is 0 Å². The number of hydrogen-bond donors (Lipinski definition) is 2. The molecule has 0 bridgehead atoms. The van der Waals surface area contributed by atoms with Gasteiger partial charge in [0.05, 0.1) is 12.2 Å². The molecule has 0 radical (unpaired) electrons. The number of nitrogens with zero attached hydrogens (tertiary/aromatic N) is 1. The summed E-state index contributed by atoms with van der Waals surface area (Å²) in [5, 5.41) is 17.8. The Labute approximate surface area is 119 Å². The number of rotatable bonds is 5. The second kappa shape index (κ2) is 7.39. The highest BCUT2D eigenvalue weighted by atomic mass is 19.1. The highest BCUT2D eigenvalue weighted by Crippen LogP contribution is 2.26. The first-order valence-corrected chi connectivity index (χ1v) is 6.97. The lowest BCUT2D eigenvalue weighted by Crippen LogP contribution is -2.41. The van der Waals surface area contributed by atoms with Crippen LogP contribution in [0.25, 0.3) is 0 Å². The van der Waals surface area contributed by atoms with Crippen LogP contribution in [0.5, 0.6) is 0 Å². The molecule has 1 aliphatic rings. The second-order valence-corrected chi connectivity index (χ2v) is 5.05. The van der Waals surface area contributed by atoms with E-state index in [2.05, 4.69) is 16.7 Å². The number of aliphatic hydroxyl groups excluding tert-OH is 2. The summed E-state index contributed by atoms with van der Waals surface area (Å²) in [6.45, 7) is 1.19. The fourth-order valence-corrected chi connectivity index (χ4v) is 2.41. The van der Waals surface area contributed by atoms with Crippen LogP contribution in [-0.2, 0) is 6.54 Å². The maximum atomic E-state index is 13.6. The molecular weight excluding hydrogens is 257 g/mol. The van der Waals surface area contributed by atoms with Crippen LogP contribution in [0.2, 0.25) is 0 Å². The molecular formula is C16H20FNO2. The van der Waals surface area contributed by atoms with Crippen LogP contribution < -0.4 is 0 Å². The van der Waals surface area contributed by atoms with Gasteiger partial charge in [-0.1, -0.05) is 24.3 Å². The van der Waals surface area contributed by atoms with E-state index in [0.29, 0.717) is 24.7 Å². The van der Waals surface area contributed by atoms with Crippen molar-refractivity contribution >= 4 is 0 Å². The Morgan fingerprint density at radius 3 is 2.70 bits per heavy atom. The van der Waals surface area contributed by atoms with Crippen molar-refractivity contribution < 1.29 is 14.6 Å². The molecule has 20 heavy (non-hydrogen) atoms.